The maximum Gasteiger partial charge on any atom is 0.224 e. The smallest absolute Gasteiger partial charge is 0.224 e. The van der Waals surface area contributed by atoms with E-state index in [4.69, 9.17) is 0 Å². The van der Waals surface area contributed by atoms with Crippen LogP contribution in [0.5, 0.6) is 0 Å². The highest BCUT2D eigenvalue weighted by molar-refractivity contribution is 5.93. The van der Waals surface area contributed by atoms with Crippen molar-refractivity contribution in [2.24, 2.45) is 0 Å². The molecule has 0 heterocycles. The van der Waals surface area contributed by atoms with Crippen molar-refractivity contribution in [3.63, 3.8) is 0 Å². The molecule has 1 aromatic carbocycles. The van der Waals surface area contributed by atoms with E-state index in [0.29, 0.717) is 26.1 Å². The van der Waals surface area contributed by atoms with Gasteiger partial charge < -0.3 is 9.80 Å². The zero-order valence-electron chi connectivity index (χ0n) is 13.8. The highest BCUT2D eigenvalue weighted by Gasteiger charge is 2.17. The molecule has 0 bridgehead atoms. The van der Waals surface area contributed by atoms with Gasteiger partial charge in [0.15, 0.2) is 0 Å². The topological polar surface area (TPSA) is 40.6 Å². The van der Waals surface area contributed by atoms with Crippen molar-refractivity contribution in [1.82, 2.24) is 4.90 Å². The lowest BCUT2D eigenvalue weighted by Gasteiger charge is -2.25. The molecular weight excluding hydrogens is 264 g/mol. The van der Waals surface area contributed by atoms with Crippen LogP contribution in [0, 0.1) is 13.8 Å². The van der Waals surface area contributed by atoms with Crippen LogP contribution in [-0.4, -0.2) is 36.3 Å². The first-order valence-electron chi connectivity index (χ1n) is 7.53. The zero-order valence-corrected chi connectivity index (χ0v) is 13.8. The third kappa shape index (κ3) is 4.59. The van der Waals surface area contributed by atoms with E-state index in [9.17, 15) is 9.59 Å². The van der Waals surface area contributed by atoms with Gasteiger partial charge in [0.05, 0.1) is 0 Å². The van der Waals surface area contributed by atoms with Gasteiger partial charge >= 0.3 is 0 Å². The summed E-state index contributed by atoms with van der Waals surface area (Å²) < 4.78 is 0. The van der Waals surface area contributed by atoms with Crippen LogP contribution in [0.3, 0.4) is 0 Å². The van der Waals surface area contributed by atoms with Crippen LogP contribution in [0.25, 0.3) is 0 Å². The molecule has 2 amide bonds. The number of hydrogen-bond acceptors (Lipinski definition) is 2. The summed E-state index contributed by atoms with van der Waals surface area (Å²) in [6.45, 7) is 11.3. The van der Waals surface area contributed by atoms with Crippen molar-refractivity contribution in [3.8, 4) is 0 Å². The molecule has 116 valence electrons. The Morgan fingerprint density at radius 3 is 2.24 bits per heavy atom. The lowest BCUT2D eigenvalue weighted by atomic mass is 10.1. The van der Waals surface area contributed by atoms with Crippen LogP contribution < -0.4 is 4.90 Å². The monoisotopic (exact) mass is 290 g/mol. The van der Waals surface area contributed by atoms with Crippen molar-refractivity contribution in [3.05, 3.63) is 29.3 Å². The van der Waals surface area contributed by atoms with Crippen molar-refractivity contribution in [1.29, 1.82) is 0 Å². The average molecular weight is 290 g/mol. The Morgan fingerprint density at radius 1 is 1.10 bits per heavy atom. The molecule has 0 aliphatic heterocycles. The van der Waals surface area contributed by atoms with E-state index in [1.54, 1.807) is 16.7 Å². The van der Waals surface area contributed by atoms with Gasteiger partial charge in [-0.3, -0.25) is 9.59 Å². The molecule has 0 spiro atoms. The third-order valence-electron chi connectivity index (χ3n) is 3.70. The van der Waals surface area contributed by atoms with Gasteiger partial charge in [-0.2, -0.15) is 0 Å². The fourth-order valence-electron chi connectivity index (χ4n) is 2.40. The van der Waals surface area contributed by atoms with Gasteiger partial charge in [0.1, 0.15) is 0 Å². The summed E-state index contributed by atoms with van der Waals surface area (Å²) >= 11 is 0. The number of carbonyl (C=O) groups excluding carboxylic acids is 2. The maximum absolute atomic E-state index is 12.1. The molecule has 4 nitrogen and oxygen atoms in total. The molecule has 0 aliphatic rings. The van der Waals surface area contributed by atoms with Gasteiger partial charge in [-0.05, 0) is 44.9 Å². The molecule has 4 heteroatoms. The number of hydrogen-bond donors (Lipinski definition) is 0. The Bertz CT molecular complexity index is 508. The number of amides is 2. The Labute approximate surface area is 127 Å². The quantitative estimate of drug-likeness (QED) is 0.808. The van der Waals surface area contributed by atoms with E-state index in [1.165, 1.54) is 0 Å². The number of anilines is 1. The predicted molar refractivity (Wildman–Crippen MR) is 86.5 cm³/mol. The lowest BCUT2D eigenvalue weighted by molar-refractivity contribution is -0.130. The van der Waals surface area contributed by atoms with E-state index >= 15 is 0 Å². The Balaban J connectivity index is 2.87. The minimum absolute atomic E-state index is 0.0314. The van der Waals surface area contributed by atoms with Gasteiger partial charge in [-0.25, -0.2) is 0 Å². The first kappa shape index (κ1) is 17.2. The summed E-state index contributed by atoms with van der Waals surface area (Å²) in [6.07, 6.45) is 0.356. The second-order valence-electron chi connectivity index (χ2n) is 5.28. The summed E-state index contributed by atoms with van der Waals surface area (Å²) in [5, 5.41) is 0. The van der Waals surface area contributed by atoms with Crippen molar-refractivity contribution >= 4 is 17.5 Å². The third-order valence-corrected chi connectivity index (χ3v) is 3.70. The molecule has 0 atom stereocenters. The Hall–Kier alpha value is -1.84. The zero-order chi connectivity index (χ0) is 16.0. The van der Waals surface area contributed by atoms with Crippen LogP contribution >= 0.6 is 0 Å². The number of rotatable bonds is 6. The van der Waals surface area contributed by atoms with Gasteiger partial charge in [0.25, 0.3) is 0 Å². The second-order valence-corrected chi connectivity index (χ2v) is 5.28. The van der Waals surface area contributed by atoms with Gasteiger partial charge in [0.2, 0.25) is 11.8 Å². The molecule has 0 N–H and O–H groups in total. The van der Waals surface area contributed by atoms with Crippen LogP contribution in [0.4, 0.5) is 5.69 Å². The van der Waals surface area contributed by atoms with E-state index in [2.05, 4.69) is 0 Å². The minimum atomic E-state index is -0.0314. The van der Waals surface area contributed by atoms with E-state index in [1.807, 2.05) is 45.9 Å². The van der Waals surface area contributed by atoms with Crippen molar-refractivity contribution in [2.75, 3.05) is 24.5 Å². The SMILES string of the molecule is CCN(CC)C(=O)CCN(C(C)=O)c1cc(C)ccc1C. The molecule has 1 aromatic rings. The molecule has 0 aliphatic carbocycles. The first-order valence-corrected chi connectivity index (χ1v) is 7.53. The molecule has 0 saturated heterocycles. The van der Waals surface area contributed by atoms with Crippen LogP contribution in [-0.2, 0) is 9.59 Å². The Kier molecular flexibility index (Phi) is 6.40. The molecule has 0 unspecified atom stereocenters. The van der Waals surface area contributed by atoms with Crippen molar-refractivity contribution < 1.29 is 9.59 Å². The van der Waals surface area contributed by atoms with E-state index in [0.717, 1.165) is 16.8 Å². The molecule has 0 radical (unpaired) electrons. The van der Waals surface area contributed by atoms with Crippen molar-refractivity contribution in [2.45, 2.75) is 41.0 Å². The number of benzene rings is 1. The molecule has 0 fully saturated rings. The number of aryl methyl sites for hydroxylation is 2. The fraction of sp³-hybridized carbons (Fsp3) is 0.529. The summed E-state index contributed by atoms with van der Waals surface area (Å²) in [5.74, 6) is 0.0626. The molecular formula is C17H26N2O2. The number of nitrogens with zero attached hydrogens (tertiary/aromatic N) is 2. The largest absolute Gasteiger partial charge is 0.343 e. The first-order chi connectivity index (χ1) is 9.90. The molecule has 0 saturated carbocycles. The van der Waals surface area contributed by atoms with Gasteiger partial charge in [0, 0.05) is 38.7 Å². The summed E-state index contributed by atoms with van der Waals surface area (Å²) in [6, 6.07) is 6.03. The van der Waals surface area contributed by atoms with E-state index < -0.39 is 0 Å². The molecule has 1 rings (SSSR count). The van der Waals surface area contributed by atoms with Gasteiger partial charge in [-0.15, -0.1) is 0 Å². The van der Waals surface area contributed by atoms with Crippen LogP contribution in [0.15, 0.2) is 18.2 Å². The molecule has 0 aromatic heterocycles. The number of carbonyl (C=O) groups is 2. The standard InChI is InChI=1S/C17H26N2O2/c1-6-18(7-2)17(21)10-11-19(15(5)20)16-12-13(3)8-9-14(16)4/h8-9,12H,6-7,10-11H2,1-5H3. The normalized spacial score (nSPS) is 10.3. The van der Waals surface area contributed by atoms with Gasteiger partial charge in [-0.1, -0.05) is 12.1 Å². The highest BCUT2D eigenvalue weighted by atomic mass is 16.2. The summed E-state index contributed by atoms with van der Waals surface area (Å²) in [7, 11) is 0. The predicted octanol–water partition coefficient (Wildman–Crippen LogP) is 2.91. The summed E-state index contributed by atoms with van der Waals surface area (Å²) in [4.78, 5) is 27.5. The van der Waals surface area contributed by atoms with E-state index in [-0.39, 0.29) is 11.8 Å². The summed E-state index contributed by atoms with van der Waals surface area (Å²) in [5.41, 5.74) is 3.05. The molecule has 21 heavy (non-hydrogen) atoms. The second kappa shape index (κ2) is 7.81. The van der Waals surface area contributed by atoms with Crippen LogP contribution in [0.1, 0.15) is 38.3 Å². The maximum atomic E-state index is 12.1. The minimum Gasteiger partial charge on any atom is -0.343 e. The van der Waals surface area contributed by atoms with Crippen LogP contribution in [0.2, 0.25) is 0 Å². The fourth-order valence-corrected chi connectivity index (χ4v) is 2.40. The lowest BCUT2D eigenvalue weighted by Crippen LogP contribution is -2.36. The Morgan fingerprint density at radius 2 is 1.71 bits per heavy atom. The highest BCUT2D eigenvalue weighted by Crippen LogP contribution is 2.22. The average Bonchev–Trinajstić information content (AvgIpc) is 2.43.